The van der Waals surface area contributed by atoms with Crippen LogP contribution < -0.4 is 10.6 Å². The smallest absolute Gasteiger partial charge is 0.315 e. The van der Waals surface area contributed by atoms with Gasteiger partial charge in [0, 0.05) is 18.2 Å². The number of carbonyl (C=O) groups excluding carboxylic acids is 1. The van der Waals surface area contributed by atoms with E-state index in [1.165, 1.54) is 32.1 Å². The Bertz CT molecular complexity index is 277. The van der Waals surface area contributed by atoms with Gasteiger partial charge < -0.3 is 15.7 Å². The Morgan fingerprint density at radius 1 is 1.37 bits per heavy atom. The second-order valence-corrected chi connectivity index (χ2v) is 6.17. The summed E-state index contributed by atoms with van der Waals surface area (Å²) in [5.74, 6) is 0.616. The molecule has 0 heterocycles. The number of carbonyl (C=O) groups is 1. The first-order valence-electron chi connectivity index (χ1n) is 7.70. The lowest BCUT2D eigenvalue weighted by molar-refractivity contribution is 0.193. The minimum absolute atomic E-state index is 0.1000. The zero-order valence-corrected chi connectivity index (χ0v) is 12.7. The maximum Gasteiger partial charge on any atom is 0.315 e. The lowest BCUT2D eigenvalue weighted by Crippen LogP contribution is -2.53. The number of rotatable bonds is 6. The van der Waals surface area contributed by atoms with Crippen molar-refractivity contribution in [3.63, 3.8) is 0 Å². The second kappa shape index (κ2) is 7.73. The number of hydrogen-bond donors (Lipinski definition) is 3. The molecule has 0 aromatic carbocycles. The Kier molecular flexibility index (Phi) is 6.63. The first kappa shape index (κ1) is 16.3. The van der Waals surface area contributed by atoms with Crippen LogP contribution in [-0.2, 0) is 0 Å². The maximum atomic E-state index is 12.0. The molecule has 0 aliphatic heterocycles. The average Bonchev–Trinajstić information content (AvgIpc) is 2.39. The van der Waals surface area contributed by atoms with Gasteiger partial charge in [-0.05, 0) is 45.4 Å². The van der Waals surface area contributed by atoms with Crippen LogP contribution in [0.2, 0.25) is 0 Å². The van der Waals surface area contributed by atoms with E-state index in [1.54, 1.807) is 0 Å². The second-order valence-electron chi connectivity index (χ2n) is 6.17. The molecular weight excluding hydrogens is 240 g/mol. The molecule has 19 heavy (non-hydrogen) atoms. The molecule has 1 fully saturated rings. The fourth-order valence-electron chi connectivity index (χ4n) is 2.84. The molecule has 0 aromatic rings. The van der Waals surface area contributed by atoms with Crippen LogP contribution in [0.15, 0.2) is 0 Å². The molecule has 0 spiro atoms. The number of amides is 2. The van der Waals surface area contributed by atoms with E-state index in [-0.39, 0.29) is 24.2 Å². The van der Waals surface area contributed by atoms with Gasteiger partial charge in [-0.25, -0.2) is 4.79 Å². The summed E-state index contributed by atoms with van der Waals surface area (Å²) in [5, 5.41) is 15.1. The van der Waals surface area contributed by atoms with Gasteiger partial charge in [-0.3, -0.25) is 0 Å². The Morgan fingerprint density at radius 2 is 2.00 bits per heavy atom. The summed E-state index contributed by atoms with van der Waals surface area (Å²) in [6.07, 6.45) is 7.77. The summed E-state index contributed by atoms with van der Waals surface area (Å²) < 4.78 is 0. The first-order chi connectivity index (χ1) is 9.00. The molecular formula is C15H30N2O2. The lowest BCUT2D eigenvalue weighted by atomic mass is 9.84. The molecule has 1 rings (SSSR count). The fraction of sp³-hybridized carbons (Fsp3) is 0.933. The highest BCUT2D eigenvalue weighted by atomic mass is 16.3. The van der Waals surface area contributed by atoms with Crippen LogP contribution >= 0.6 is 0 Å². The van der Waals surface area contributed by atoms with Gasteiger partial charge in [-0.15, -0.1) is 0 Å². The normalized spacial score (nSPS) is 21.5. The summed E-state index contributed by atoms with van der Waals surface area (Å²) in [5.41, 5.74) is -0.314. The monoisotopic (exact) mass is 270 g/mol. The van der Waals surface area contributed by atoms with E-state index in [0.29, 0.717) is 12.3 Å². The molecule has 3 N–H and O–H groups in total. The van der Waals surface area contributed by atoms with Crippen molar-refractivity contribution in [2.45, 2.75) is 77.3 Å². The van der Waals surface area contributed by atoms with Gasteiger partial charge >= 0.3 is 6.03 Å². The van der Waals surface area contributed by atoms with E-state index in [2.05, 4.69) is 17.6 Å². The van der Waals surface area contributed by atoms with Crippen molar-refractivity contribution in [3.8, 4) is 0 Å². The van der Waals surface area contributed by atoms with Crippen LogP contribution in [0.3, 0.4) is 0 Å². The van der Waals surface area contributed by atoms with Crippen molar-refractivity contribution in [1.29, 1.82) is 0 Å². The van der Waals surface area contributed by atoms with Crippen LogP contribution in [0.5, 0.6) is 0 Å². The number of aliphatic hydroxyl groups excluding tert-OH is 1. The fourth-order valence-corrected chi connectivity index (χ4v) is 2.84. The first-order valence-corrected chi connectivity index (χ1v) is 7.70. The quantitative estimate of drug-likeness (QED) is 0.695. The van der Waals surface area contributed by atoms with Crippen molar-refractivity contribution >= 4 is 6.03 Å². The zero-order valence-electron chi connectivity index (χ0n) is 12.7. The largest absolute Gasteiger partial charge is 0.396 e. The van der Waals surface area contributed by atoms with Gasteiger partial charge in [0.05, 0.1) is 0 Å². The summed E-state index contributed by atoms with van der Waals surface area (Å²) >= 11 is 0. The molecule has 2 amide bonds. The van der Waals surface area contributed by atoms with Crippen LogP contribution in [0, 0.1) is 5.92 Å². The predicted molar refractivity (Wildman–Crippen MR) is 78.1 cm³/mol. The molecule has 0 radical (unpaired) electrons. The minimum Gasteiger partial charge on any atom is -0.396 e. The van der Waals surface area contributed by atoms with Crippen molar-refractivity contribution in [2.75, 3.05) is 6.61 Å². The average molecular weight is 270 g/mol. The van der Waals surface area contributed by atoms with E-state index in [4.69, 9.17) is 5.11 Å². The molecule has 1 aliphatic rings. The van der Waals surface area contributed by atoms with E-state index in [0.717, 1.165) is 6.42 Å². The van der Waals surface area contributed by atoms with Crippen LogP contribution in [0.25, 0.3) is 0 Å². The molecule has 0 bridgehead atoms. The number of nitrogens with one attached hydrogen (secondary N) is 2. The third-order valence-electron chi connectivity index (χ3n) is 4.57. The van der Waals surface area contributed by atoms with Gasteiger partial charge in [0.1, 0.15) is 0 Å². The van der Waals surface area contributed by atoms with E-state index < -0.39 is 0 Å². The molecule has 4 nitrogen and oxygen atoms in total. The minimum atomic E-state index is -0.314. The molecule has 112 valence electrons. The third-order valence-corrected chi connectivity index (χ3v) is 4.57. The number of aliphatic hydroxyl groups is 1. The van der Waals surface area contributed by atoms with E-state index in [1.807, 2.05) is 13.8 Å². The summed E-state index contributed by atoms with van der Waals surface area (Å²) in [6, 6.07) is 0.131. The van der Waals surface area contributed by atoms with E-state index in [9.17, 15) is 4.79 Å². The van der Waals surface area contributed by atoms with Crippen molar-refractivity contribution in [1.82, 2.24) is 10.6 Å². The van der Waals surface area contributed by atoms with Gasteiger partial charge in [-0.2, -0.15) is 0 Å². The molecule has 1 aliphatic carbocycles. The lowest BCUT2D eigenvalue weighted by Gasteiger charge is -2.32. The third kappa shape index (κ3) is 5.39. The molecule has 2 unspecified atom stereocenters. The van der Waals surface area contributed by atoms with Gasteiger partial charge in [0.15, 0.2) is 0 Å². The van der Waals surface area contributed by atoms with E-state index >= 15 is 0 Å². The Morgan fingerprint density at radius 3 is 2.53 bits per heavy atom. The van der Waals surface area contributed by atoms with Crippen LogP contribution in [0.1, 0.15) is 65.7 Å². The molecule has 4 heteroatoms. The molecule has 0 aromatic heterocycles. The van der Waals surface area contributed by atoms with Crippen molar-refractivity contribution < 1.29 is 9.90 Å². The van der Waals surface area contributed by atoms with Crippen molar-refractivity contribution in [3.05, 3.63) is 0 Å². The highest BCUT2D eigenvalue weighted by Gasteiger charge is 2.26. The molecule has 1 saturated carbocycles. The molecule has 2 atom stereocenters. The topological polar surface area (TPSA) is 61.4 Å². The standard InChI is InChI=1S/C15H30N2O2/c1-4-15(3,10-11-18)17-14(19)16-12(2)13-8-6-5-7-9-13/h12-13,18H,4-11H2,1-3H3,(H2,16,17,19). The van der Waals surface area contributed by atoms with Crippen LogP contribution in [0.4, 0.5) is 4.79 Å². The Balaban J connectivity index is 2.40. The number of hydrogen-bond acceptors (Lipinski definition) is 2. The number of urea groups is 1. The SMILES string of the molecule is CCC(C)(CCO)NC(=O)NC(C)C1CCCCC1. The van der Waals surface area contributed by atoms with Gasteiger partial charge in [0.25, 0.3) is 0 Å². The van der Waals surface area contributed by atoms with Crippen LogP contribution in [-0.4, -0.2) is 29.3 Å². The summed E-state index contributed by atoms with van der Waals surface area (Å²) in [6.45, 7) is 6.21. The Labute approximate surface area is 117 Å². The molecule has 0 saturated heterocycles. The zero-order chi connectivity index (χ0) is 14.3. The highest BCUT2D eigenvalue weighted by Crippen LogP contribution is 2.26. The van der Waals surface area contributed by atoms with Gasteiger partial charge in [0.2, 0.25) is 0 Å². The van der Waals surface area contributed by atoms with Gasteiger partial charge in [-0.1, -0.05) is 26.2 Å². The maximum absolute atomic E-state index is 12.0. The van der Waals surface area contributed by atoms with Crippen molar-refractivity contribution in [2.24, 2.45) is 5.92 Å². The summed E-state index contributed by atoms with van der Waals surface area (Å²) in [4.78, 5) is 12.0. The Hall–Kier alpha value is -0.770. The summed E-state index contributed by atoms with van der Waals surface area (Å²) in [7, 11) is 0. The highest BCUT2D eigenvalue weighted by molar-refractivity contribution is 5.75. The predicted octanol–water partition coefficient (Wildman–Crippen LogP) is 2.81.